The molecule has 1 heterocycles. The van der Waals surface area contributed by atoms with E-state index in [4.69, 9.17) is 0 Å². The molecule has 0 aromatic heterocycles. The lowest BCUT2D eigenvalue weighted by molar-refractivity contribution is -0.142. The minimum absolute atomic E-state index is 0.00774. The number of nitrogens with zero attached hydrogens (tertiary/aromatic N) is 1. The average molecular weight is 441 g/mol. The van der Waals surface area contributed by atoms with Crippen molar-refractivity contribution in [1.82, 2.24) is 10.2 Å². The third-order valence-corrected chi connectivity index (χ3v) is 6.21. The van der Waals surface area contributed by atoms with Gasteiger partial charge in [0, 0.05) is 24.2 Å². The van der Waals surface area contributed by atoms with Crippen LogP contribution in [0.1, 0.15) is 68.2 Å². The molecule has 0 bridgehead atoms. The number of hydrogen-bond donors (Lipinski definition) is 1. The van der Waals surface area contributed by atoms with Crippen LogP contribution in [-0.2, 0) is 24.0 Å². The number of carbonyl (C=O) groups excluding carboxylic acids is 5. The molecule has 1 aliphatic heterocycles. The van der Waals surface area contributed by atoms with Crippen molar-refractivity contribution in [1.29, 1.82) is 0 Å². The molecule has 3 atom stereocenters. The lowest BCUT2D eigenvalue weighted by Gasteiger charge is -2.26. The summed E-state index contributed by atoms with van der Waals surface area (Å²) in [6.07, 6.45) is 0.127. The van der Waals surface area contributed by atoms with Gasteiger partial charge in [0.05, 0.1) is 11.3 Å². The number of nitrogens with one attached hydrogen (secondary N) is 1. The predicted octanol–water partition coefficient (Wildman–Crippen LogP) is 2.61. The number of ketones is 2. The first-order chi connectivity index (χ1) is 13.6. The number of likely N-dealkylation sites (tertiary alicyclic amines) is 1. The molecule has 1 unspecified atom stereocenters. The molecular weight excluding hydrogens is 404 g/mol. The van der Waals surface area contributed by atoms with Crippen molar-refractivity contribution < 1.29 is 24.0 Å². The molecule has 0 aromatic carbocycles. The molecule has 0 radical (unpaired) electrons. The molecule has 170 valence electrons. The number of amides is 3. The van der Waals surface area contributed by atoms with E-state index in [0.29, 0.717) is 0 Å². The molecule has 0 saturated carbocycles. The van der Waals surface area contributed by atoms with Crippen molar-refractivity contribution in [3.05, 3.63) is 0 Å². The molecular formula is C22H36N2O5S. The molecule has 3 amide bonds. The lowest BCUT2D eigenvalue weighted by Crippen LogP contribution is -2.49. The van der Waals surface area contributed by atoms with Gasteiger partial charge in [0.15, 0.2) is 5.78 Å². The van der Waals surface area contributed by atoms with E-state index < -0.39 is 28.5 Å². The highest BCUT2D eigenvalue weighted by molar-refractivity contribution is 8.01. The van der Waals surface area contributed by atoms with Crippen molar-refractivity contribution in [2.75, 3.05) is 6.54 Å². The molecule has 1 saturated heterocycles. The molecule has 0 aliphatic carbocycles. The summed E-state index contributed by atoms with van der Waals surface area (Å²) < 4.78 is 0. The summed E-state index contributed by atoms with van der Waals surface area (Å²) in [4.78, 5) is 63.3. The molecule has 0 spiro atoms. The van der Waals surface area contributed by atoms with Crippen LogP contribution in [-0.4, -0.2) is 57.3 Å². The Morgan fingerprint density at radius 2 is 1.67 bits per heavy atom. The van der Waals surface area contributed by atoms with Crippen LogP contribution < -0.4 is 5.32 Å². The standard InChI is InChI=1S/C22H36N2O5S/c1-12(2)19(15(25)9-14(5)20(28)22(6,7)8)23-17(26)11-24-18(27)10-16(21(24)29)30-13(3)4/h12-14,16,19H,9-11H2,1-8H3,(H,23,26)/t14-,16?,19+/m1/s1. The van der Waals surface area contributed by atoms with E-state index in [0.717, 1.165) is 4.90 Å². The van der Waals surface area contributed by atoms with Crippen LogP contribution in [0.5, 0.6) is 0 Å². The summed E-state index contributed by atoms with van der Waals surface area (Å²) in [7, 11) is 0. The van der Waals surface area contributed by atoms with Gasteiger partial charge in [0.1, 0.15) is 12.3 Å². The normalized spacial score (nSPS) is 19.4. The fourth-order valence-electron chi connectivity index (χ4n) is 3.50. The van der Waals surface area contributed by atoms with Gasteiger partial charge in [-0.05, 0) is 11.2 Å². The Hall–Kier alpha value is -1.70. The lowest BCUT2D eigenvalue weighted by atomic mass is 9.80. The van der Waals surface area contributed by atoms with Gasteiger partial charge in [-0.3, -0.25) is 28.9 Å². The molecule has 1 N–H and O–H groups in total. The number of hydrogen-bond acceptors (Lipinski definition) is 6. The van der Waals surface area contributed by atoms with E-state index in [9.17, 15) is 24.0 Å². The van der Waals surface area contributed by atoms with Crippen LogP contribution in [0.3, 0.4) is 0 Å². The highest BCUT2D eigenvalue weighted by Crippen LogP contribution is 2.28. The van der Waals surface area contributed by atoms with Gasteiger partial charge < -0.3 is 5.32 Å². The van der Waals surface area contributed by atoms with E-state index in [1.54, 1.807) is 20.8 Å². The van der Waals surface area contributed by atoms with Crippen molar-refractivity contribution in [2.45, 2.75) is 84.8 Å². The third-order valence-electron chi connectivity index (χ3n) is 4.96. The van der Waals surface area contributed by atoms with Gasteiger partial charge in [0.2, 0.25) is 17.7 Å². The van der Waals surface area contributed by atoms with Crippen LogP contribution in [0.4, 0.5) is 0 Å². The first-order valence-electron chi connectivity index (χ1n) is 10.5. The van der Waals surface area contributed by atoms with Crippen LogP contribution >= 0.6 is 11.8 Å². The quantitative estimate of drug-likeness (QED) is 0.524. The first-order valence-corrected chi connectivity index (χ1v) is 11.5. The zero-order valence-electron chi connectivity index (χ0n) is 19.4. The van der Waals surface area contributed by atoms with Gasteiger partial charge in [-0.2, -0.15) is 0 Å². The SMILES string of the molecule is CC(C)SC1CC(=O)N(CC(=O)N[C@H](C(=O)C[C@@H](C)C(=O)C(C)(C)C)C(C)C)C1=O. The fourth-order valence-corrected chi connectivity index (χ4v) is 4.64. The van der Waals surface area contributed by atoms with Gasteiger partial charge in [-0.1, -0.05) is 55.4 Å². The molecule has 8 heteroatoms. The Bertz CT molecular complexity index is 696. The van der Waals surface area contributed by atoms with Gasteiger partial charge in [-0.25, -0.2) is 0 Å². The Morgan fingerprint density at radius 1 is 1.10 bits per heavy atom. The zero-order valence-corrected chi connectivity index (χ0v) is 20.2. The van der Waals surface area contributed by atoms with E-state index in [2.05, 4.69) is 5.32 Å². The van der Waals surface area contributed by atoms with Crippen LogP contribution in [0, 0.1) is 17.3 Å². The van der Waals surface area contributed by atoms with Gasteiger partial charge in [0.25, 0.3) is 0 Å². The zero-order chi connectivity index (χ0) is 23.4. The van der Waals surface area contributed by atoms with Crippen molar-refractivity contribution in [3.63, 3.8) is 0 Å². The summed E-state index contributed by atoms with van der Waals surface area (Å²) >= 11 is 1.41. The molecule has 1 aliphatic rings. The fraction of sp³-hybridized carbons (Fsp3) is 0.773. The van der Waals surface area contributed by atoms with Crippen molar-refractivity contribution >= 4 is 41.0 Å². The molecule has 1 rings (SSSR count). The Labute approximate surface area is 184 Å². The highest BCUT2D eigenvalue weighted by Gasteiger charge is 2.40. The minimum atomic E-state index is -0.777. The van der Waals surface area contributed by atoms with Crippen molar-refractivity contribution in [2.24, 2.45) is 17.3 Å². The molecule has 30 heavy (non-hydrogen) atoms. The number of carbonyl (C=O) groups is 5. The monoisotopic (exact) mass is 440 g/mol. The van der Waals surface area contributed by atoms with Crippen LogP contribution in [0.2, 0.25) is 0 Å². The summed E-state index contributed by atoms with van der Waals surface area (Å²) in [5, 5.41) is 2.40. The van der Waals surface area contributed by atoms with Crippen LogP contribution in [0.25, 0.3) is 0 Å². The highest BCUT2D eigenvalue weighted by atomic mass is 32.2. The second-order valence-electron chi connectivity index (χ2n) is 9.67. The van der Waals surface area contributed by atoms with Gasteiger partial charge >= 0.3 is 0 Å². The summed E-state index contributed by atoms with van der Waals surface area (Å²) in [6.45, 7) is 14.3. The molecule has 1 fully saturated rings. The number of rotatable bonds is 10. The Morgan fingerprint density at radius 3 is 2.13 bits per heavy atom. The molecule has 7 nitrogen and oxygen atoms in total. The van der Waals surface area contributed by atoms with Gasteiger partial charge in [-0.15, -0.1) is 11.8 Å². The largest absolute Gasteiger partial charge is 0.344 e. The maximum absolute atomic E-state index is 12.8. The van der Waals surface area contributed by atoms with E-state index in [1.165, 1.54) is 11.8 Å². The van der Waals surface area contributed by atoms with E-state index in [-0.39, 0.29) is 53.9 Å². The smallest absolute Gasteiger partial charge is 0.243 e. The number of Topliss-reactive ketones (excluding diaryl/α,β-unsaturated/α-hetero) is 2. The maximum atomic E-state index is 12.8. The summed E-state index contributed by atoms with van der Waals surface area (Å²) in [6, 6.07) is -0.777. The Balaban J connectivity index is 2.76. The minimum Gasteiger partial charge on any atom is -0.344 e. The topological polar surface area (TPSA) is 101 Å². The number of thioether (sulfide) groups is 1. The third kappa shape index (κ3) is 7.22. The summed E-state index contributed by atoms with van der Waals surface area (Å²) in [5.74, 6) is -2.15. The van der Waals surface area contributed by atoms with Crippen LogP contribution in [0.15, 0.2) is 0 Å². The maximum Gasteiger partial charge on any atom is 0.243 e. The molecule has 0 aromatic rings. The van der Waals surface area contributed by atoms with E-state index in [1.807, 2.05) is 34.6 Å². The average Bonchev–Trinajstić information content (AvgIpc) is 2.84. The van der Waals surface area contributed by atoms with E-state index >= 15 is 0 Å². The second kappa shape index (κ2) is 10.6. The Kier molecular flexibility index (Phi) is 9.26. The predicted molar refractivity (Wildman–Crippen MR) is 118 cm³/mol. The summed E-state index contributed by atoms with van der Waals surface area (Å²) in [5.41, 5.74) is -0.544. The first kappa shape index (κ1) is 26.3. The number of imide groups is 1. The second-order valence-corrected chi connectivity index (χ2v) is 11.5. The van der Waals surface area contributed by atoms with Crippen molar-refractivity contribution in [3.8, 4) is 0 Å².